The van der Waals surface area contributed by atoms with Crippen LogP contribution in [0.15, 0.2) is 0 Å². The minimum Gasteiger partial charge on any atom is -0.465 e. The number of likely N-dealkylation sites (tertiary alicyclic amines) is 1. The first-order chi connectivity index (χ1) is 6.47. The molecule has 4 nitrogen and oxygen atoms in total. The molecule has 0 aromatic carbocycles. The number of carbonyl (C=O) groups is 1. The number of carboxylic acid groups (broad SMARTS) is 1. The van der Waals surface area contributed by atoms with Crippen LogP contribution in [0.3, 0.4) is 0 Å². The summed E-state index contributed by atoms with van der Waals surface area (Å²) in [6.45, 7) is 4.73. The third-order valence-electron chi connectivity index (χ3n) is 2.96. The van der Waals surface area contributed by atoms with Gasteiger partial charge >= 0.3 is 6.09 Å². The molecule has 0 spiro atoms. The van der Waals surface area contributed by atoms with E-state index in [9.17, 15) is 4.79 Å². The maximum atomic E-state index is 10.9. The molecule has 1 amide bonds. The average molecular weight is 201 g/mol. The maximum Gasteiger partial charge on any atom is 0.407 e. The monoisotopic (exact) mass is 201 g/mol. The van der Waals surface area contributed by atoms with Crippen LogP contribution < -0.4 is 0 Å². The van der Waals surface area contributed by atoms with Crippen LogP contribution in [0.5, 0.6) is 0 Å². The second-order valence-corrected chi connectivity index (χ2v) is 4.64. The molecule has 0 bridgehead atoms. The Morgan fingerprint density at radius 2 is 2.21 bits per heavy atom. The summed E-state index contributed by atoms with van der Waals surface area (Å²) in [5.74, 6) is 0.410. The topological polar surface area (TPSA) is 60.8 Å². The molecule has 0 radical (unpaired) electrons. The van der Waals surface area contributed by atoms with Crippen molar-refractivity contribution in [3.8, 4) is 0 Å². The number of rotatable bonds is 3. The number of aliphatic hydroxyl groups excluding tert-OH is 1. The van der Waals surface area contributed by atoms with Crippen LogP contribution in [0, 0.1) is 5.92 Å². The van der Waals surface area contributed by atoms with E-state index < -0.39 is 6.09 Å². The highest BCUT2D eigenvalue weighted by atomic mass is 16.4. The summed E-state index contributed by atoms with van der Waals surface area (Å²) in [4.78, 5) is 12.4. The van der Waals surface area contributed by atoms with Crippen LogP contribution in [0.25, 0.3) is 0 Å². The SMILES string of the molecule is CC1(C)C[C@H](CCCO)CN1C(=O)O. The molecular weight excluding hydrogens is 182 g/mol. The van der Waals surface area contributed by atoms with Crippen molar-refractivity contribution in [3.05, 3.63) is 0 Å². The lowest BCUT2D eigenvalue weighted by molar-refractivity contribution is 0.117. The Morgan fingerprint density at radius 1 is 1.57 bits per heavy atom. The van der Waals surface area contributed by atoms with Gasteiger partial charge in [0.05, 0.1) is 0 Å². The number of hydrogen-bond acceptors (Lipinski definition) is 2. The molecule has 1 atom stereocenters. The van der Waals surface area contributed by atoms with Gasteiger partial charge in [-0.2, -0.15) is 0 Å². The zero-order valence-corrected chi connectivity index (χ0v) is 8.86. The van der Waals surface area contributed by atoms with Gasteiger partial charge in [0.25, 0.3) is 0 Å². The number of aliphatic hydroxyl groups is 1. The largest absolute Gasteiger partial charge is 0.465 e. The van der Waals surface area contributed by atoms with Gasteiger partial charge in [-0.25, -0.2) is 4.79 Å². The fourth-order valence-electron chi connectivity index (χ4n) is 2.30. The lowest BCUT2D eigenvalue weighted by Crippen LogP contribution is -2.41. The predicted octanol–water partition coefficient (Wildman–Crippen LogP) is 1.54. The van der Waals surface area contributed by atoms with Crippen LogP contribution in [0.2, 0.25) is 0 Å². The van der Waals surface area contributed by atoms with Crippen molar-refractivity contribution in [2.24, 2.45) is 5.92 Å². The minimum absolute atomic E-state index is 0.198. The van der Waals surface area contributed by atoms with E-state index in [1.54, 1.807) is 0 Å². The third-order valence-corrected chi connectivity index (χ3v) is 2.96. The van der Waals surface area contributed by atoms with Gasteiger partial charge < -0.3 is 15.1 Å². The van der Waals surface area contributed by atoms with Crippen molar-refractivity contribution < 1.29 is 15.0 Å². The van der Waals surface area contributed by atoms with E-state index in [1.807, 2.05) is 13.8 Å². The van der Waals surface area contributed by atoms with E-state index >= 15 is 0 Å². The van der Waals surface area contributed by atoms with Gasteiger partial charge in [-0.05, 0) is 39.0 Å². The summed E-state index contributed by atoms with van der Waals surface area (Å²) in [7, 11) is 0. The Morgan fingerprint density at radius 3 is 2.64 bits per heavy atom. The molecule has 0 unspecified atom stereocenters. The van der Waals surface area contributed by atoms with Crippen molar-refractivity contribution in [3.63, 3.8) is 0 Å². The smallest absolute Gasteiger partial charge is 0.407 e. The fraction of sp³-hybridized carbons (Fsp3) is 0.900. The van der Waals surface area contributed by atoms with E-state index in [0.29, 0.717) is 12.5 Å². The Hall–Kier alpha value is -0.770. The molecule has 1 aliphatic rings. The Bertz CT molecular complexity index is 215. The Labute approximate surface area is 84.5 Å². The van der Waals surface area contributed by atoms with E-state index in [-0.39, 0.29) is 12.1 Å². The normalized spacial score (nSPS) is 25.4. The van der Waals surface area contributed by atoms with Gasteiger partial charge in [0.2, 0.25) is 0 Å². The molecule has 1 heterocycles. The summed E-state index contributed by atoms with van der Waals surface area (Å²) >= 11 is 0. The maximum absolute atomic E-state index is 10.9. The molecule has 1 fully saturated rings. The van der Waals surface area contributed by atoms with Crippen LogP contribution in [0.4, 0.5) is 4.79 Å². The molecule has 82 valence electrons. The van der Waals surface area contributed by atoms with Crippen molar-refractivity contribution in [2.75, 3.05) is 13.2 Å². The Balaban J connectivity index is 2.53. The molecule has 14 heavy (non-hydrogen) atoms. The standard InChI is InChI=1S/C10H19NO3/c1-10(2)6-8(4-3-5-12)7-11(10)9(13)14/h8,12H,3-7H2,1-2H3,(H,13,14)/t8-/m0/s1. The summed E-state index contributed by atoms with van der Waals surface area (Å²) < 4.78 is 0. The predicted molar refractivity (Wildman–Crippen MR) is 53.2 cm³/mol. The molecule has 1 saturated heterocycles. The lowest BCUT2D eigenvalue weighted by Gasteiger charge is -2.28. The number of amides is 1. The van der Waals surface area contributed by atoms with Crippen LogP contribution in [0.1, 0.15) is 33.1 Å². The summed E-state index contributed by atoms with van der Waals surface area (Å²) in [6.07, 6.45) is 1.76. The zero-order chi connectivity index (χ0) is 10.8. The highest BCUT2D eigenvalue weighted by Gasteiger charge is 2.40. The molecule has 0 aromatic rings. The summed E-state index contributed by atoms with van der Waals surface area (Å²) in [5.41, 5.74) is -0.244. The molecule has 1 aliphatic heterocycles. The van der Waals surface area contributed by atoms with E-state index in [4.69, 9.17) is 10.2 Å². The molecule has 0 aromatic heterocycles. The van der Waals surface area contributed by atoms with Crippen LogP contribution >= 0.6 is 0 Å². The van der Waals surface area contributed by atoms with E-state index in [1.165, 1.54) is 4.90 Å². The first-order valence-corrected chi connectivity index (χ1v) is 5.09. The second-order valence-electron chi connectivity index (χ2n) is 4.64. The molecule has 4 heteroatoms. The van der Waals surface area contributed by atoms with Crippen molar-refractivity contribution in [2.45, 2.75) is 38.6 Å². The molecule has 1 rings (SSSR count). The highest BCUT2D eigenvalue weighted by molar-refractivity contribution is 5.66. The first-order valence-electron chi connectivity index (χ1n) is 5.09. The van der Waals surface area contributed by atoms with Crippen molar-refractivity contribution in [1.82, 2.24) is 4.90 Å². The summed E-state index contributed by atoms with van der Waals surface area (Å²) in [5, 5.41) is 17.7. The van der Waals surface area contributed by atoms with Gasteiger partial charge in [0.15, 0.2) is 0 Å². The van der Waals surface area contributed by atoms with Crippen LogP contribution in [-0.2, 0) is 0 Å². The average Bonchev–Trinajstić information content (AvgIpc) is 2.37. The quantitative estimate of drug-likeness (QED) is 0.728. The third kappa shape index (κ3) is 2.38. The summed E-state index contributed by atoms with van der Waals surface area (Å²) in [6, 6.07) is 0. The van der Waals surface area contributed by atoms with Gasteiger partial charge in [-0.3, -0.25) is 0 Å². The second kappa shape index (κ2) is 4.17. The molecule has 0 aliphatic carbocycles. The fourth-order valence-corrected chi connectivity index (χ4v) is 2.30. The minimum atomic E-state index is -0.832. The zero-order valence-electron chi connectivity index (χ0n) is 8.86. The lowest BCUT2D eigenvalue weighted by atomic mass is 9.93. The highest BCUT2D eigenvalue weighted by Crippen LogP contribution is 2.34. The molecule has 2 N–H and O–H groups in total. The van der Waals surface area contributed by atoms with E-state index in [0.717, 1.165) is 19.3 Å². The van der Waals surface area contributed by atoms with Gasteiger partial charge in [0.1, 0.15) is 0 Å². The van der Waals surface area contributed by atoms with E-state index in [2.05, 4.69) is 0 Å². The van der Waals surface area contributed by atoms with Gasteiger partial charge in [-0.15, -0.1) is 0 Å². The van der Waals surface area contributed by atoms with Crippen LogP contribution in [-0.4, -0.2) is 39.9 Å². The van der Waals surface area contributed by atoms with Crippen molar-refractivity contribution in [1.29, 1.82) is 0 Å². The number of hydrogen-bond donors (Lipinski definition) is 2. The van der Waals surface area contributed by atoms with Gasteiger partial charge in [-0.1, -0.05) is 0 Å². The first kappa shape index (κ1) is 11.3. The molecular formula is C10H19NO3. The Kier molecular flexibility index (Phi) is 3.37. The van der Waals surface area contributed by atoms with Gasteiger partial charge in [0, 0.05) is 18.7 Å². The van der Waals surface area contributed by atoms with Crippen molar-refractivity contribution >= 4 is 6.09 Å². The molecule has 0 saturated carbocycles. The number of nitrogens with zero attached hydrogens (tertiary/aromatic N) is 1.